The second-order valence-electron chi connectivity index (χ2n) is 6.79. The summed E-state index contributed by atoms with van der Waals surface area (Å²) < 4.78 is 57.2. The maximum atomic E-state index is 13.8. The molecule has 0 aliphatic carbocycles. The highest BCUT2D eigenvalue weighted by Crippen LogP contribution is 2.38. The lowest BCUT2D eigenvalue weighted by molar-refractivity contribution is -0.152. The molecule has 0 spiro atoms. The van der Waals surface area contributed by atoms with Gasteiger partial charge in [0.1, 0.15) is 23.7 Å². The van der Waals surface area contributed by atoms with Crippen LogP contribution < -0.4 is 14.9 Å². The highest BCUT2D eigenvalue weighted by atomic mass is 19.4. The first-order valence-corrected chi connectivity index (χ1v) is 9.36. The molecule has 0 saturated carbocycles. The fourth-order valence-electron chi connectivity index (χ4n) is 3.22. The lowest BCUT2D eigenvalue weighted by Gasteiger charge is -2.14. The van der Waals surface area contributed by atoms with E-state index in [1.807, 2.05) is 30.3 Å². The minimum Gasteiger partial charge on any atom is -0.497 e. The Kier molecular flexibility index (Phi) is 5.42. The van der Waals surface area contributed by atoms with Gasteiger partial charge in [-0.1, -0.05) is 42.5 Å². The van der Waals surface area contributed by atoms with Crippen molar-refractivity contribution in [1.29, 1.82) is 0 Å². The van der Waals surface area contributed by atoms with Gasteiger partial charge in [0.25, 0.3) is 0 Å². The predicted molar refractivity (Wildman–Crippen MR) is 110 cm³/mol. The van der Waals surface area contributed by atoms with E-state index in [4.69, 9.17) is 13.9 Å². The average Bonchev–Trinajstić information content (AvgIpc) is 2.77. The van der Waals surface area contributed by atoms with Crippen molar-refractivity contribution >= 4 is 11.0 Å². The number of alkyl halides is 3. The number of hydrogen-bond acceptors (Lipinski definition) is 4. The molecule has 7 heteroatoms. The van der Waals surface area contributed by atoms with Gasteiger partial charge in [-0.05, 0) is 35.4 Å². The molecule has 1 heterocycles. The highest BCUT2D eigenvalue weighted by molar-refractivity contribution is 5.84. The molecule has 0 aliphatic heterocycles. The zero-order valence-electron chi connectivity index (χ0n) is 16.4. The fourth-order valence-corrected chi connectivity index (χ4v) is 3.22. The number of ether oxygens (including phenoxy) is 2. The van der Waals surface area contributed by atoms with Crippen LogP contribution in [0, 0.1) is 0 Å². The van der Waals surface area contributed by atoms with Crippen LogP contribution in [0.2, 0.25) is 0 Å². The first-order valence-electron chi connectivity index (χ1n) is 9.36. The van der Waals surface area contributed by atoms with Crippen LogP contribution >= 0.6 is 0 Å². The van der Waals surface area contributed by atoms with Crippen LogP contribution in [0.4, 0.5) is 13.2 Å². The highest BCUT2D eigenvalue weighted by Gasteiger charge is 2.39. The van der Waals surface area contributed by atoms with Gasteiger partial charge in [-0.25, -0.2) is 0 Å². The number of hydrogen-bond donors (Lipinski definition) is 0. The Bertz CT molecular complexity index is 1260. The lowest BCUT2D eigenvalue weighted by Crippen LogP contribution is -2.16. The van der Waals surface area contributed by atoms with Crippen molar-refractivity contribution in [3.8, 4) is 22.6 Å². The van der Waals surface area contributed by atoms with Crippen molar-refractivity contribution in [2.75, 3.05) is 7.11 Å². The molecule has 31 heavy (non-hydrogen) atoms. The Morgan fingerprint density at radius 2 is 1.58 bits per heavy atom. The third-order valence-corrected chi connectivity index (χ3v) is 4.75. The number of rotatable bonds is 5. The molecule has 0 aliphatic rings. The minimum absolute atomic E-state index is 0.0332. The van der Waals surface area contributed by atoms with Crippen molar-refractivity contribution in [1.82, 2.24) is 0 Å². The fraction of sp³-hybridized carbons (Fsp3) is 0.125. The van der Waals surface area contributed by atoms with Gasteiger partial charge in [-0.15, -0.1) is 0 Å². The molecule has 4 nitrogen and oxygen atoms in total. The summed E-state index contributed by atoms with van der Waals surface area (Å²) in [6, 6.07) is 19.3. The maximum Gasteiger partial charge on any atom is 0.450 e. The lowest BCUT2D eigenvalue weighted by atomic mass is 10.0. The summed E-state index contributed by atoms with van der Waals surface area (Å²) in [7, 11) is 1.44. The Balaban J connectivity index is 1.79. The molecular weight excluding hydrogens is 409 g/mol. The molecule has 0 atom stereocenters. The smallest absolute Gasteiger partial charge is 0.450 e. The minimum atomic E-state index is -4.86. The summed E-state index contributed by atoms with van der Waals surface area (Å²) in [6.45, 7) is 0.229. The predicted octanol–water partition coefficient (Wildman–Crippen LogP) is 6.07. The molecule has 0 saturated heterocycles. The molecule has 0 radical (unpaired) electrons. The van der Waals surface area contributed by atoms with Crippen LogP contribution in [0.1, 0.15) is 11.3 Å². The van der Waals surface area contributed by atoms with Crippen molar-refractivity contribution in [2.24, 2.45) is 0 Å². The quantitative estimate of drug-likeness (QED) is 0.389. The Morgan fingerprint density at radius 3 is 2.23 bits per heavy atom. The Labute approximate surface area is 175 Å². The van der Waals surface area contributed by atoms with Crippen molar-refractivity contribution in [3.63, 3.8) is 0 Å². The van der Waals surface area contributed by atoms with Crippen LogP contribution in [0.25, 0.3) is 22.1 Å². The second-order valence-corrected chi connectivity index (χ2v) is 6.79. The van der Waals surface area contributed by atoms with Gasteiger partial charge < -0.3 is 13.9 Å². The third-order valence-electron chi connectivity index (χ3n) is 4.75. The van der Waals surface area contributed by atoms with Gasteiger partial charge in [0.05, 0.1) is 18.1 Å². The molecule has 0 bridgehead atoms. The summed E-state index contributed by atoms with van der Waals surface area (Å²) in [4.78, 5) is 13.0. The van der Waals surface area contributed by atoms with Crippen molar-refractivity contribution < 1.29 is 27.1 Å². The number of halogens is 3. The summed E-state index contributed by atoms with van der Waals surface area (Å²) >= 11 is 0. The average molecular weight is 426 g/mol. The van der Waals surface area contributed by atoms with Gasteiger partial charge in [-0.3, -0.25) is 4.79 Å². The second kappa shape index (κ2) is 8.18. The van der Waals surface area contributed by atoms with E-state index in [9.17, 15) is 18.0 Å². The molecule has 0 unspecified atom stereocenters. The Hall–Kier alpha value is -3.74. The van der Waals surface area contributed by atoms with Gasteiger partial charge in [0.15, 0.2) is 0 Å². The first kappa shape index (κ1) is 20.5. The van der Waals surface area contributed by atoms with Gasteiger partial charge in [-0.2, -0.15) is 13.2 Å². The van der Waals surface area contributed by atoms with Crippen LogP contribution in [0.5, 0.6) is 11.5 Å². The van der Waals surface area contributed by atoms with E-state index in [0.29, 0.717) is 11.5 Å². The van der Waals surface area contributed by atoms with Crippen molar-refractivity contribution in [3.05, 3.63) is 94.3 Å². The topological polar surface area (TPSA) is 48.7 Å². The number of methoxy groups -OCH3 is 1. The maximum absolute atomic E-state index is 13.8. The van der Waals surface area contributed by atoms with E-state index >= 15 is 0 Å². The molecule has 3 aromatic carbocycles. The van der Waals surface area contributed by atoms with Gasteiger partial charge in [0.2, 0.25) is 11.2 Å². The van der Waals surface area contributed by atoms with E-state index in [1.54, 1.807) is 0 Å². The first-order chi connectivity index (χ1) is 14.9. The molecule has 4 rings (SSSR count). The number of fused-ring (bicyclic) bond motifs is 1. The SMILES string of the molecule is COc1ccc(-c2c(C(F)(F)F)oc3cc(OCc4ccccc4)ccc3c2=O)cc1. The molecule has 4 aromatic rings. The van der Waals surface area contributed by atoms with E-state index in [1.165, 1.54) is 49.6 Å². The normalized spacial score (nSPS) is 11.5. The van der Waals surface area contributed by atoms with Crippen LogP contribution in [-0.4, -0.2) is 7.11 Å². The van der Waals surface area contributed by atoms with Crippen molar-refractivity contribution in [2.45, 2.75) is 12.8 Å². The number of benzene rings is 3. The van der Waals surface area contributed by atoms with Crippen LogP contribution in [0.3, 0.4) is 0 Å². The van der Waals surface area contributed by atoms with Crippen LogP contribution in [-0.2, 0) is 12.8 Å². The van der Waals surface area contributed by atoms with Gasteiger partial charge in [0, 0.05) is 6.07 Å². The molecule has 1 aromatic heterocycles. The Morgan fingerprint density at radius 1 is 0.903 bits per heavy atom. The van der Waals surface area contributed by atoms with E-state index in [-0.39, 0.29) is 23.1 Å². The molecule has 158 valence electrons. The summed E-state index contributed by atoms with van der Waals surface area (Å²) in [5.41, 5.74) is -0.517. The van der Waals surface area contributed by atoms with E-state index < -0.39 is 22.9 Å². The zero-order valence-corrected chi connectivity index (χ0v) is 16.4. The van der Waals surface area contributed by atoms with E-state index in [0.717, 1.165) is 5.56 Å². The van der Waals surface area contributed by atoms with Crippen LogP contribution in [0.15, 0.2) is 82.0 Å². The third kappa shape index (κ3) is 4.26. The van der Waals surface area contributed by atoms with E-state index in [2.05, 4.69) is 0 Å². The molecule has 0 amide bonds. The summed E-state index contributed by atoms with van der Waals surface area (Å²) in [5.74, 6) is -0.595. The van der Waals surface area contributed by atoms with Gasteiger partial charge >= 0.3 is 6.18 Å². The zero-order chi connectivity index (χ0) is 22.0. The molecular formula is C24H17F3O4. The molecule has 0 fully saturated rings. The summed E-state index contributed by atoms with van der Waals surface area (Å²) in [5, 5.41) is 0.0332. The standard InChI is InChI=1S/C24H17F3O4/c1-29-17-9-7-16(8-10-17)21-22(28)19-12-11-18(30-14-15-5-3-2-4-6-15)13-20(19)31-23(21)24(25,26)27/h2-13H,14H2,1H3. The molecule has 0 N–H and O–H groups in total. The monoisotopic (exact) mass is 426 g/mol. The largest absolute Gasteiger partial charge is 0.497 e. The summed E-state index contributed by atoms with van der Waals surface area (Å²) in [6.07, 6.45) is -4.86.